The summed E-state index contributed by atoms with van der Waals surface area (Å²) >= 11 is 0. The molecule has 0 aromatic carbocycles. The molecule has 1 aliphatic heterocycles. The fraction of sp³-hybridized carbons (Fsp3) is 1.00. The Bertz CT molecular complexity index is 219. The van der Waals surface area contributed by atoms with Crippen LogP contribution in [0.2, 0.25) is 0 Å². The average Bonchev–Trinajstić information content (AvgIpc) is 2.52. The van der Waals surface area contributed by atoms with Crippen LogP contribution in [-0.2, 0) is 4.74 Å². The second-order valence-electron chi connectivity index (χ2n) is 6.17. The van der Waals surface area contributed by atoms with Gasteiger partial charge in [0.15, 0.2) is 0 Å². The molecule has 0 bridgehead atoms. The molecule has 0 unspecified atom stereocenters. The summed E-state index contributed by atoms with van der Waals surface area (Å²) in [6, 6.07) is 0. The quantitative estimate of drug-likeness (QED) is 0.771. The first kappa shape index (κ1) is 17.9. The zero-order valence-electron chi connectivity index (χ0n) is 14.2. The number of hydrogen-bond donors (Lipinski definition) is 0. The zero-order valence-corrected chi connectivity index (χ0v) is 14.2. The summed E-state index contributed by atoms with van der Waals surface area (Å²) < 4.78 is 5.44. The molecule has 20 heavy (non-hydrogen) atoms. The number of likely N-dealkylation sites (N-methyl/N-ethyl adjacent to an activating group) is 1. The SMILES string of the molecule is CC.COC1CCC(CCCN2CCN(C)CC2)CC1. The summed E-state index contributed by atoms with van der Waals surface area (Å²) in [6.45, 7) is 10.4. The van der Waals surface area contributed by atoms with Crippen LogP contribution in [0.3, 0.4) is 0 Å². The van der Waals surface area contributed by atoms with Gasteiger partial charge in [-0.15, -0.1) is 0 Å². The molecule has 1 aliphatic carbocycles. The van der Waals surface area contributed by atoms with Crippen molar-refractivity contribution in [3.63, 3.8) is 0 Å². The van der Waals surface area contributed by atoms with Crippen LogP contribution >= 0.6 is 0 Å². The van der Waals surface area contributed by atoms with Gasteiger partial charge < -0.3 is 14.5 Å². The third-order valence-corrected chi connectivity index (χ3v) is 4.81. The molecule has 0 atom stereocenters. The molecule has 1 heterocycles. The maximum absolute atomic E-state index is 5.44. The molecule has 3 nitrogen and oxygen atoms in total. The number of methoxy groups -OCH3 is 1. The Balaban J connectivity index is 0.000000956. The van der Waals surface area contributed by atoms with E-state index in [1.165, 1.54) is 71.2 Å². The summed E-state index contributed by atoms with van der Waals surface area (Å²) in [5.41, 5.74) is 0. The van der Waals surface area contributed by atoms with Crippen molar-refractivity contribution in [1.29, 1.82) is 0 Å². The van der Waals surface area contributed by atoms with Crippen molar-refractivity contribution in [2.75, 3.05) is 46.9 Å². The van der Waals surface area contributed by atoms with E-state index in [1.54, 1.807) is 0 Å². The van der Waals surface area contributed by atoms with Crippen LogP contribution in [0.5, 0.6) is 0 Å². The van der Waals surface area contributed by atoms with Gasteiger partial charge in [0.25, 0.3) is 0 Å². The Labute approximate surface area is 126 Å². The Morgan fingerprint density at radius 2 is 1.55 bits per heavy atom. The molecule has 120 valence electrons. The highest BCUT2D eigenvalue weighted by atomic mass is 16.5. The average molecular weight is 284 g/mol. The lowest BCUT2D eigenvalue weighted by Crippen LogP contribution is -2.44. The molecule has 2 aliphatic rings. The van der Waals surface area contributed by atoms with Crippen LogP contribution < -0.4 is 0 Å². The predicted molar refractivity (Wildman–Crippen MR) is 87.3 cm³/mol. The van der Waals surface area contributed by atoms with E-state index < -0.39 is 0 Å². The number of hydrogen-bond acceptors (Lipinski definition) is 3. The Hall–Kier alpha value is -0.120. The molecule has 0 N–H and O–H groups in total. The van der Waals surface area contributed by atoms with Crippen LogP contribution in [-0.4, -0.2) is 62.8 Å². The molecular formula is C17H36N2O. The van der Waals surface area contributed by atoms with Gasteiger partial charge in [0.2, 0.25) is 0 Å². The van der Waals surface area contributed by atoms with Crippen LogP contribution in [0.1, 0.15) is 52.4 Å². The highest BCUT2D eigenvalue weighted by Gasteiger charge is 2.21. The number of rotatable bonds is 5. The van der Waals surface area contributed by atoms with E-state index in [-0.39, 0.29) is 0 Å². The predicted octanol–water partition coefficient (Wildman–Crippen LogP) is 3.25. The van der Waals surface area contributed by atoms with Crippen LogP contribution in [0.25, 0.3) is 0 Å². The van der Waals surface area contributed by atoms with E-state index in [1.807, 2.05) is 21.0 Å². The summed E-state index contributed by atoms with van der Waals surface area (Å²) in [4.78, 5) is 5.07. The van der Waals surface area contributed by atoms with E-state index >= 15 is 0 Å². The summed E-state index contributed by atoms with van der Waals surface area (Å²) in [5.74, 6) is 0.976. The Kier molecular flexibility index (Phi) is 9.49. The Morgan fingerprint density at radius 1 is 0.950 bits per heavy atom. The molecule has 0 amide bonds. The third kappa shape index (κ3) is 6.55. The van der Waals surface area contributed by atoms with E-state index in [9.17, 15) is 0 Å². The van der Waals surface area contributed by atoms with E-state index in [4.69, 9.17) is 4.74 Å². The van der Waals surface area contributed by atoms with Gasteiger partial charge in [0.1, 0.15) is 0 Å². The zero-order chi connectivity index (χ0) is 14.8. The molecule has 2 fully saturated rings. The first-order chi connectivity index (χ1) is 9.78. The molecule has 0 aromatic heterocycles. The van der Waals surface area contributed by atoms with Gasteiger partial charge in [-0.3, -0.25) is 0 Å². The maximum atomic E-state index is 5.44. The fourth-order valence-corrected chi connectivity index (χ4v) is 3.33. The van der Waals surface area contributed by atoms with Crippen molar-refractivity contribution >= 4 is 0 Å². The van der Waals surface area contributed by atoms with Crippen LogP contribution in [0.4, 0.5) is 0 Å². The van der Waals surface area contributed by atoms with Gasteiger partial charge in [-0.2, -0.15) is 0 Å². The normalized spacial score (nSPS) is 28.8. The van der Waals surface area contributed by atoms with Crippen molar-refractivity contribution in [2.24, 2.45) is 5.92 Å². The molecule has 1 saturated heterocycles. The number of nitrogens with zero attached hydrogens (tertiary/aromatic N) is 2. The van der Waals surface area contributed by atoms with Crippen LogP contribution in [0, 0.1) is 5.92 Å². The highest BCUT2D eigenvalue weighted by Crippen LogP contribution is 2.29. The van der Waals surface area contributed by atoms with Gasteiger partial charge in [0.05, 0.1) is 6.10 Å². The summed E-state index contributed by atoms with van der Waals surface area (Å²) in [7, 11) is 4.09. The Morgan fingerprint density at radius 3 is 2.10 bits per heavy atom. The number of piperazine rings is 1. The largest absolute Gasteiger partial charge is 0.381 e. The van der Waals surface area contributed by atoms with Gasteiger partial charge in [0, 0.05) is 33.3 Å². The first-order valence-electron chi connectivity index (χ1n) is 8.71. The fourth-order valence-electron chi connectivity index (χ4n) is 3.33. The molecular weight excluding hydrogens is 248 g/mol. The van der Waals surface area contributed by atoms with Gasteiger partial charge in [-0.05, 0) is 58.0 Å². The van der Waals surface area contributed by atoms with Gasteiger partial charge >= 0.3 is 0 Å². The standard InChI is InChI=1S/C15H30N2O.C2H6/c1-16-10-12-17(13-11-16)9-3-4-14-5-7-15(18-2)8-6-14;1-2/h14-15H,3-13H2,1-2H3;1-2H3. The monoisotopic (exact) mass is 284 g/mol. The molecule has 0 spiro atoms. The minimum absolute atomic E-state index is 0.555. The van der Waals surface area contributed by atoms with E-state index in [2.05, 4.69) is 16.8 Å². The third-order valence-electron chi connectivity index (χ3n) is 4.81. The molecule has 0 aromatic rings. The second-order valence-corrected chi connectivity index (χ2v) is 6.17. The minimum Gasteiger partial charge on any atom is -0.381 e. The van der Waals surface area contributed by atoms with Crippen molar-refractivity contribution in [2.45, 2.75) is 58.5 Å². The molecule has 2 rings (SSSR count). The summed E-state index contributed by atoms with van der Waals surface area (Å²) in [6.07, 6.45) is 8.74. The lowest BCUT2D eigenvalue weighted by atomic mass is 9.84. The second kappa shape index (κ2) is 10.6. The van der Waals surface area contributed by atoms with Crippen molar-refractivity contribution in [3.8, 4) is 0 Å². The van der Waals surface area contributed by atoms with Crippen molar-refractivity contribution < 1.29 is 4.74 Å². The van der Waals surface area contributed by atoms with Gasteiger partial charge in [-0.1, -0.05) is 13.8 Å². The molecule has 1 saturated carbocycles. The molecule has 0 radical (unpaired) electrons. The van der Waals surface area contributed by atoms with E-state index in [0.29, 0.717) is 6.10 Å². The summed E-state index contributed by atoms with van der Waals surface area (Å²) in [5, 5.41) is 0. The van der Waals surface area contributed by atoms with Crippen LogP contribution in [0.15, 0.2) is 0 Å². The van der Waals surface area contributed by atoms with Gasteiger partial charge in [-0.25, -0.2) is 0 Å². The lowest BCUT2D eigenvalue weighted by molar-refractivity contribution is 0.0544. The smallest absolute Gasteiger partial charge is 0.0571 e. The van der Waals surface area contributed by atoms with Crippen molar-refractivity contribution in [3.05, 3.63) is 0 Å². The minimum atomic E-state index is 0.555. The van der Waals surface area contributed by atoms with E-state index in [0.717, 1.165) is 5.92 Å². The van der Waals surface area contributed by atoms with Crippen molar-refractivity contribution in [1.82, 2.24) is 9.80 Å². The molecule has 3 heteroatoms. The highest BCUT2D eigenvalue weighted by molar-refractivity contribution is 4.74. The topological polar surface area (TPSA) is 15.7 Å². The first-order valence-corrected chi connectivity index (χ1v) is 8.71. The number of ether oxygens (including phenoxy) is 1. The lowest BCUT2D eigenvalue weighted by Gasteiger charge is -2.33. The maximum Gasteiger partial charge on any atom is 0.0571 e.